The molecule has 0 amide bonds. The Morgan fingerprint density at radius 2 is 2.21 bits per heavy atom. The second-order valence-corrected chi connectivity index (χ2v) is 3.43. The third-order valence-corrected chi connectivity index (χ3v) is 2.05. The Kier molecular flexibility index (Phi) is 4.04. The van der Waals surface area contributed by atoms with Crippen LogP contribution in [-0.4, -0.2) is 12.3 Å². The molecule has 14 heavy (non-hydrogen) atoms. The summed E-state index contributed by atoms with van der Waals surface area (Å²) in [4.78, 5) is 11.2. The van der Waals surface area contributed by atoms with Gasteiger partial charge in [-0.25, -0.2) is 4.39 Å². The van der Waals surface area contributed by atoms with E-state index in [0.717, 1.165) is 0 Å². The van der Waals surface area contributed by atoms with Crippen molar-refractivity contribution in [3.05, 3.63) is 34.6 Å². The zero-order valence-electron chi connectivity index (χ0n) is 7.59. The van der Waals surface area contributed by atoms with E-state index in [4.69, 9.17) is 17.3 Å². The van der Waals surface area contributed by atoms with Crippen LogP contribution in [0.5, 0.6) is 0 Å². The number of nitrogens with two attached hydrogens (primary N) is 1. The van der Waals surface area contributed by atoms with Crippen molar-refractivity contribution in [2.75, 3.05) is 6.54 Å². The van der Waals surface area contributed by atoms with E-state index in [0.29, 0.717) is 17.1 Å². The van der Waals surface area contributed by atoms with Gasteiger partial charge in [0.05, 0.1) is 0 Å². The number of hydrogen-bond donors (Lipinski definition) is 1. The molecule has 0 aromatic heterocycles. The minimum atomic E-state index is -0.403. The molecule has 0 heterocycles. The van der Waals surface area contributed by atoms with Gasteiger partial charge in [-0.2, -0.15) is 0 Å². The summed E-state index contributed by atoms with van der Waals surface area (Å²) in [7, 11) is 0. The van der Waals surface area contributed by atoms with Gasteiger partial charge >= 0.3 is 0 Å². The fourth-order valence-electron chi connectivity index (χ4n) is 1.14. The lowest BCUT2D eigenvalue weighted by molar-refractivity contribution is -0.118. The lowest BCUT2D eigenvalue weighted by Gasteiger charge is -2.02. The molecule has 0 saturated heterocycles. The van der Waals surface area contributed by atoms with Gasteiger partial charge in [0, 0.05) is 17.9 Å². The quantitative estimate of drug-likeness (QED) is 0.834. The van der Waals surface area contributed by atoms with Gasteiger partial charge in [0.2, 0.25) is 0 Å². The highest BCUT2D eigenvalue weighted by molar-refractivity contribution is 6.30. The smallest absolute Gasteiger partial charge is 0.138 e. The predicted molar refractivity (Wildman–Crippen MR) is 53.8 cm³/mol. The van der Waals surface area contributed by atoms with Crippen molar-refractivity contribution in [2.45, 2.75) is 12.8 Å². The maximum Gasteiger partial charge on any atom is 0.138 e. The Morgan fingerprint density at radius 1 is 1.50 bits per heavy atom. The van der Waals surface area contributed by atoms with Crippen molar-refractivity contribution in [2.24, 2.45) is 5.73 Å². The minimum Gasteiger partial charge on any atom is -0.330 e. The van der Waals surface area contributed by atoms with Crippen LogP contribution in [-0.2, 0) is 11.2 Å². The highest BCUT2D eigenvalue weighted by atomic mass is 35.5. The molecule has 76 valence electrons. The lowest BCUT2D eigenvalue weighted by Crippen LogP contribution is -2.10. The first-order chi connectivity index (χ1) is 6.63. The number of rotatable bonds is 4. The van der Waals surface area contributed by atoms with Gasteiger partial charge in [-0.3, -0.25) is 4.79 Å². The topological polar surface area (TPSA) is 43.1 Å². The van der Waals surface area contributed by atoms with Gasteiger partial charge in [-0.15, -0.1) is 0 Å². The number of Topliss-reactive ketones (excluding diaryl/α,β-unsaturated/α-hetero) is 1. The van der Waals surface area contributed by atoms with E-state index in [1.165, 1.54) is 18.2 Å². The monoisotopic (exact) mass is 215 g/mol. The summed E-state index contributed by atoms with van der Waals surface area (Å²) in [5, 5.41) is 0.432. The fourth-order valence-corrected chi connectivity index (χ4v) is 1.34. The molecular formula is C10H11ClFNO. The van der Waals surface area contributed by atoms with Crippen LogP contribution in [0.25, 0.3) is 0 Å². The highest BCUT2D eigenvalue weighted by Gasteiger charge is 2.07. The number of hydrogen-bond acceptors (Lipinski definition) is 2. The summed E-state index contributed by atoms with van der Waals surface area (Å²) in [6, 6.07) is 4.17. The van der Waals surface area contributed by atoms with E-state index in [1.54, 1.807) is 0 Å². The molecule has 0 bridgehead atoms. The lowest BCUT2D eigenvalue weighted by atomic mass is 10.1. The molecule has 0 aliphatic rings. The Balaban J connectivity index is 2.75. The molecule has 0 spiro atoms. The van der Waals surface area contributed by atoms with Crippen LogP contribution >= 0.6 is 11.6 Å². The number of carbonyl (C=O) groups excluding carboxylic acids is 1. The molecule has 1 rings (SSSR count). The molecule has 0 saturated carbocycles. The normalized spacial score (nSPS) is 10.2. The van der Waals surface area contributed by atoms with E-state index in [1.807, 2.05) is 0 Å². The highest BCUT2D eigenvalue weighted by Crippen LogP contribution is 2.15. The first kappa shape index (κ1) is 11.1. The van der Waals surface area contributed by atoms with Crippen LogP contribution in [0.2, 0.25) is 5.02 Å². The standard InChI is InChI=1S/C10H11ClFNO/c11-8-1-2-10(12)7(5-8)6-9(14)3-4-13/h1-2,5H,3-4,6,13H2. The molecule has 0 aliphatic carbocycles. The molecule has 1 aromatic carbocycles. The molecule has 4 heteroatoms. The van der Waals surface area contributed by atoms with Crippen molar-refractivity contribution >= 4 is 17.4 Å². The molecule has 0 aliphatic heterocycles. The van der Waals surface area contributed by atoms with Crippen molar-refractivity contribution in [1.29, 1.82) is 0 Å². The van der Waals surface area contributed by atoms with Gasteiger partial charge in [-0.05, 0) is 30.3 Å². The zero-order valence-corrected chi connectivity index (χ0v) is 8.35. The van der Waals surface area contributed by atoms with Crippen LogP contribution in [0.3, 0.4) is 0 Å². The number of benzene rings is 1. The zero-order chi connectivity index (χ0) is 10.6. The van der Waals surface area contributed by atoms with E-state index >= 15 is 0 Å². The predicted octanol–water partition coefficient (Wildman–Crippen LogP) is 1.94. The third-order valence-electron chi connectivity index (χ3n) is 1.82. The number of carbonyl (C=O) groups is 1. The van der Waals surface area contributed by atoms with Crippen LogP contribution in [0.4, 0.5) is 4.39 Å². The van der Waals surface area contributed by atoms with Gasteiger partial charge < -0.3 is 5.73 Å². The summed E-state index contributed by atoms with van der Waals surface area (Å²) < 4.78 is 13.1. The van der Waals surface area contributed by atoms with E-state index in [-0.39, 0.29) is 18.6 Å². The SMILES string of the molecule is NCCC(=O)Cc1cc(Cl)ccc1F. The summed E-state index contributed by atoms with van der Waals surface area (Å²) >= 11 is 5.67. The summed E-state index contributed by atoms with van der Waals surface area (Å²) in [5.41, 5.74) is 5.54. The average Bonchev–Trinajstić information content (AvgIpc) is 2.12. The average molecular weight is 216 g/mol. The summed E-state index contributed by atoms with van der Waals surface area (Å²) in [5.74, 6) is -0.478. The number of ketones is 1. The van der Waals surface area contributed by atoms with Gasteiger partial charge in [-0.1, -0.05) is 11.6 Å². The van der Waals surface area contributed by atoms with Crippen molar-refractivity contribution in [1.82, 2.24) is 0 Å². The molecule has 0 atom stereocenters. The van der Waals surface area contributed by atoms with Crippen LogP contribution in [0.1, 0.15) is 12.0 Å². The van der Waals surface area contributed by atoms with Crippen LogP contribution in [0.15, 0.2) is 18.2 Å². The van der Waals surface area contributed by atoms with Gasteiger partial charge in [0.1, 0.15) is 11.6 Å². The molecule has 0 radical (unpaired) electrons. The van der Waals surface area contributed by atoms with E-state index in [9.17, 15) is 9.18 Å². The maximum absolute atomic E-state index is 13.1. The second kappa shape index (κ2) is 5.08. The number of halogens is 2. The Bertz CT molecular complexity index is 341. The fraction of sp³-hybridized carbons (Fsp3) is 0.300. The summed E-state index contributed by atoms with van der Waals surface area (Å²) in [6.07, 6.45) is 0.329. The molecule has 0 fully saturated rings. The Hall–Kier alpha value is -0.930. The van der Waals surface area contributed by atoms with Crippen LogP contribution in [0, 0.1) is 5.82 Å². The summed E-state index contributed by atoms with van der Waals surface area (Å²) in [6.45, 7) is 0.293. The molecule has 0 unspecified atom stereocenters. The van der Waals surface area contributed by atoms with E-state index in [2.05, 4.69) is 0 Å². The minimum absolute atomic E-state index is 0.0591. The Labute approximate surface area is 86.9 Å². The first-order valence-electron chi connectivity index (χ1n) is 4.29. The molecular weight excluding hydrogens is 205 g/mol. The van der Waals surface area contributed by atoms with Gasteiger partial charge in [0.25, 0.3) is 0 Å². The molecule has 2 nitrogen and oxygen atoms in total. The molecule has 1 aromatic rings. The Morgan fingerprint density at radius 3 is 2.86 bits per heavy atom. The van der Waals surface area contributed by atoms with Gasteiger partial charge in [0.15, 0.2) is 0 Å². The van der Waals surface area contributed by atoms with Crippen molar-refractivity contribution < 1.29 is 9.18 Å². The second-order valence-electron chi connectivity index (χ2n) is 2.99. The molecule has 2 N–H and O–H groups in total. The van der Waals surface area contributed by atoms with Crippen LogP contribution < -0.4 is 5.73 Å². The van der Waals surface area contributed by atoms with Crippen molar-refractivity contribution in [3.63, 3.8) is 0 Å². The van der Waals surface area contributed by atoms with E-state index < -0.39 is 5.82 Å². The van der Waals surface area contributed by atoms with Crippen molar-refractivity contribution in [3.8, 4) is 0 Å². The largest absolute Gasteiger partial charge is 0.330 e. The maximum atomic E-state index is 13.1. The first-order valence-corrected chi connectivity index (χ1v) is 4.67. The third kappa shape index (κ3) is 3.09.